The van der Waals surface area contributed by atoms with E-state index >= 15 is 0 Å². The Labute approximate surface area is 249 Å². The maximum Gasteiger partial charge on any atom is 0.222 e. The Morgan fingerprint density at radius 2 is 1.38 bits per heavy atom. The molecule has 0 radical (unpaired) electrons. The Morgan fingerprint density at radius 1 is 0.800 bits per heavy atom. The number of rotatable bonds is 22. The number of carbonyl (C=O) groups excluding carboxylic acids is 2. The van der Waals surface area contributed by atoms with Gasteiger partial charge in [0.1, 0.15) is 0 Å². The minimum Gasteiger partial charge on any atom is -0.392 e. The third kappa shape index (κ3) is 21.2. The number of hydrogen-bond acceptors (Lipinski definition) is 10. The highest BCUT2D eigenvalue weighted by atomic mass is 33.1. The van der Waals surface area contributed by atoms with Crippen LogP contribution in [0.5, 0.6) is 0 Å². The molecular formula is C28H55N3O7S2. The second-order valence-corrected chi connectivity index (χ2v) is 13.5. The summed E-state index contributed by atoms with van der Waals surface area (Å²) in [5, 5.41) is 39.3. The topological polar surface area (TPSA) is 149 Å². The molecule has 0 saturated heterocycles. The van der Waals surface area contributed by atoms with E-state index in [0.717, 1.165) is 18.6 Å². The molecule has 3 atom stereocenters. The molecule has 0 aromatic rings. The van der Waals surface area contributed by atoms with E-state index in [-0.39, 0.29) is 56.8 Å². The quantitative estimate of drug-likeness (QED) is 0.0796. The van der Waals surface area contributed by atoms with E-state index in [0.29, 0.717) is 37.7 Å². The molecule has 1 aliphatic carbocycles. The molecule has 1 aliphatic rings. The Bertz CT molecular complexity index is 639. The summed E-state index contributed by atoms with van der Waals surface area (Å²) in [4.78, 5) is 23.4. The first-order valence-electron chi connectivity index (χ1n) is 15.0. The van der Waals surface area contributed by atoms with Crippen LogP contribution in [0.2, 0.25) is 0 Å². The minimum atomic E-state index is -0.806. The molecular weight excluding hydrogens is 554 g/mol. The first-order valence-corrected chi connectivity index (χ1v) is 17.5. The van der Waals surface area contributed by atoms with Crippen molar-refractivity contribution in [1.82, 2.24) is 16.0 Å². The number of aliphatic hydroxyl groups is 3. The average Bonchev–Trinajstić information content (AvgIpc) is 3.07. The second-order valence-electron chi connectivity index (χ2n) is 10.8. The molecule has 40 heavy (non-hydrogen) atoms. The lowest BCUT2D eigenvalue weighted by atomic mass is 9.91. The van der Waals surface area contributed by atoms with Crippen molar-refractivity contribution in [3.8, 4) is 0 Å². The monoisotopic (exact) mass is 609 g/mol. The van der Waals surface area contributed by atoms with Gasteiger partial charge in [0, 0.05) is 50.0 Å². The molecule has 3 unspecified atom stereocenters. The van der Waals surface area contributed by atoms with E-state index < -0.39 is 12.2 Å². The zero-order valence-corrected chi connectivity index (χ0v) is 26.2. The molecule has 0 spiro atoms. The van der Waals surface area contributed by atoms with E-state index in [1.165, 1.54) is 38.5 Å². The van der Waals surface area contributed by atoms with Gasteiger partial charge in [-0.25, -0.2) is 0 Å². The van der Waals surface area contributed by atoms with Gasteiger partial charge in [0.15, 0.2) is 0 Å². The molecule has 10 nitrogen and oxygen atoms in total. The fourth-order valence-corrected chi connectivity index (χ4v) is 6.18. The molecule has 1 fully saturated rings. The third-order valence-corrected chi connectivity index (χ3v) is 9.12. The first-order chi connectivity index (χ1) is 19.3. The summed E-state index contributed by atoms with van der Waals surface area (Å²) in [5.74, 6) is 1.68. The van der Waals surface area contributed by atoms with Crippen molar-refractivity contribution < 1.29 is 34.4 Å². The molecule has 1 rings (SSSR count). The fraction of sp³-hybridized carbons (Fsp3) is 0.929. The average molecular weight is 610 g/mol. The zero-order valence-electron chi connectivity index (χ0n) is 24.6. The molecule has 0 bridgehead atoms. The van der Waals surface area contributed by atoms with E-state index in [9.17, 15) is 24.9 Å². The Hall–Kier alpha value is -0.600. The van der Waals surface area contributed by atoms with Gasteiger partial charge < -0.3 is 40.7 Å². The first kappa shape index (κ1) is 37.4. The van der Waals surface area contributed by atoms with E-state index in [4.69, 9.17) is 9.47 Å². The minimum absolute atomic E-state index is 0.0150. The van der Waals surface area contributed by atoms with Gasteiger partial charge in [-0.1, -0.05) is 74.0 Å². The van der Waals surface area contributed by atoms with Crippen LogP contribution >= 0.6 is 21.6 Å². The SMILES string of the molecule is CC(C)C(=O)NCCSSCCC(=O)NCC(O)COCCOCC(O)CNCC(O)C1CCCCCCCC1. The van der Waals surface area contributed by atoms with Crippen molar-refractivity contribution in [2.45, 2.75) is 89.9 Å². The predicted octanol–water partition coefficient (Wildman–Crippen LogP) is 2.10. The van der Waals surface area contributed by atoms with Crippen molar-refractivity contribution in [3.05, 3.63) is 0 Å². The molecule has 1 saturated carbocycles. The molecule has 0 aliphatic heterocycles. The van der Waals surface area contributed by atoms with Gasteiger partial charge in [0.2, 0.25) is 11.8 Å². The van der Waals surface area contributed by atoms with Crippen LogP contribution in [-0.4, -0.2) is 110 Å². The van der Waals surface area contributed by atoms with Gasteiger partial charge in [0.25, 0.3) is 0 Å². The van der Waals surface area contributed by atoms with Crippen molar-refractivity contribution in [2.24, 2.45) is 11.8 Å². The van der Waals surface area contributed by atoms with Crippen molar-refractivity contribution in [3.63, 3.8) is 0 Å². The van der Waals surface area contributed by atoms with E-state index in [2.05, 4.69) is 16.0 Å². The molecule has 12 heteroatoms. The van der Waals surface area contributed by atoms with Gasteiger partial charge in [0.05, 0.1) is 44.7 Å². The van der Waals surface area contributed by atoms with Crippen LogP contribution in [0.25, 0.3) is 0 Å². The van der Waals surface area contributed by atoms with Gasteiger partial charge in [-0.15, -0.1) is 0 Å². The molecule has 2 amide bonds. The number of amides is 2. The molecule has 0 aromatic heterocycles. The normalized spacial score (nSPS) is 17.4. The largest absolute Gasteiger partial charge is 0.392 e. The number of nitrogens with one attached hydrogen (secondary N) is 3. The highest BCUT2D eigenvalue weighted by Crippen LogP contribution is 2.24. The van der Waals surface area contributed by atoms with Crippen molar-refractivity contribution in [1.29, 1.82) is 0 Å². The molecule has 0 heterocycles. The van der Waals surface area contributed by atoms with Crippen LogP contribution in [0.1, 0.15) is 71.6 Å². The van der Waals surface area contributed by atoms with Gasteiger partial charge in [-0.2, -0.15) is 0 Å². The van der Waals surface area contributed by atoms with Crippen molar-refractivity contribution >= 4 is 33.4 Å². The third-order valence-electron chi connectivity index (χ3n) is 6.71. The Morgan fingerprint density at radius 3 is 2.00 bits per heavy atom. The maximum absolute atomic E-state index is 11.9. The van der Waals surface area contributed by atoms with E-state index in [1.807, 2.05) is 13.8 Å². The number of aliphatic hydroxyl groups excluding tert-OH is 3. The van der Waals surface area contributed by atoms with Crippen LogP contribution in [-0.2, 0) is 19.1 Å². The number of ether oxygens (including phenoxy) is 2. The van der Waals surface area contributed by atoms with Gasteiger partial charge in [-0.3, -0.25) is 9.59 Å². The summed E-state index contributed by atoms with van der Waals surface area (Å²) < 4.78 is 10.8. The molecule has 236 valence electrons. The van der Waals surface area contributed by atoms with Crippen molar-refractivity contribution in [2.75, 3.05) is 64.1 Å². The molecule has 6 N–H and O–H groups in total. The summed E-state index contributed by atoms with van der Waals surface area (Å²) in [7, 11) is 3.20. The van der Waals surface area contributed by atoms with Gasteiger partial charge >= 0.3 is 0 Å². The Kier molecular flexibility index (Phi) is 23.3. The maximum atomic E-state index is 11.9. The number of hydrogen-bond donors (Lipinski definition) is 6. The van der Waals surface area contributed by atoms with Gasteiger partial charge in [-0.05, 0) is 18.8 Å². The van der Waals surface area contributed by atoms with Crippen LogP contribution in [0.15, 0.2) is 0 Å². The second kappa shape index (κ2) is 24.9. The standard InChI is InChI=1S/C28H55N3O7S2/c1-22(2)28(36)30-12-16-40-39-15-11-27(35)31-18-25(33)21-38-14-13-37-20-24(32)17-29-19-26(34)23-9-7-5-3-4-6-8-10-23/h22-26,29,32-34H,3-21H2,1-2H3,(H,30,36)(H,31,35). The van der Waals surface area contributed by atoms with Crippen LogP contribution in [0.4, 0.5) is 0 Å². The lowest BCUT2D eigenvalue weighted by Crippen LogP contribution is -2.38. The van der Waals surface area contributed by atoms with Crippen LogP contribution in [0.3, 0.4) is 0 Å². The highest BCUT2D eigenvalue weighted by molar-refractivity contribution is 8.76. The predicted molar refractivity (Wildman–Crippen MR) is 163 cm³/mol. The summed E-state index contributed by atoms with van der Waals surface area (Å²) in [5.41, 5.74) is 0. The lowest BCUT2D eigenvalue weighted by molar-refractivity contribution is -0.124. The highest BCUT2D eigenvalue weighted by Gasteiger charge is 2.19. The smallest absolute Gasteiger partial charge is 0.222 e. The van der Waals surface area contributed by atoms with Crippen LogP contribution in [0, 0.1) is 11.8 Å². The van der Waals surface area contributed by atoms with E-state index in [1.54, 1.807) is 21.6 Å². The lowest BCUT2D eigenvalue weighted by Gasteiger charge is -2.23. The van der Waals surface area contributed by atoms with Crippen LogP contribution < -0.4 is 16.0 Å². The summed E-state index contributed by atoms with van der Waals surface area (Å²) in [6.45, 7) is 6.10. The Balaban J connectivity index is 1.93. The summed E-state index contributed by atoms with van der Waals surface area (Å²) >= 11 is 0. The fourth-order valence-electron chi connectivity index (χ4n) is 4.28. The zero-order chi connectivity index (χ0) is 29.4. The summed E-state index contributed by atoms with van der Waals surface area (Å²) in [6.07, 6.45) is 8.17. The molecule has 0 aromatic carbocycles. The number of carbonyl (C=O) groups is 2. The summed E-state index contributed by atoms with van der Waals surface area (Å²) in [6, 6.07) is 0.